The first kappa shape index (κ1) is 21.1. The molecule has 32 heavy (non-hydrogen) atoms. The van der Waals surface area contributed by atoms with Crippen LogP contribution < -0.4 is 5.32 Å². The number of morpholine rings is 1. The van der Waals surface area contributed by atoms with Crippen molar-refractivity contribution in [2.45, 2.75) is 13.8 Å². The number of nitrogens with one attached hydrogen (secondary N) is 1. The molecule has 1 N–H and O–H groups in total. The van der Waals surface area contributed by atoms with Crippen LogP contribution in [0.1, 0.15) is 20.8 Å². The molecule has 1 aliphatic rings. The van der Waals surface area contributed by atoms with Crippen LogP contribution in [0.4, 0.5) is 0 Å². The molecule has 0 atom stereocenters. The molecule has 3 heterocycles. The molecule has 0 bridgehead atoms. The van der Waals surface area contributed by atoms with Gasteiger partial charge in [0.2, 0.25) is 0 Å². The van der Waals surface area contributed by atoms with Crippen LogP contribution in [0, 0.1) is 13.8 Å². The highest BCUT2D eigenvalue weighted by molar-refractivity contribution is 7.22. The second kappa shape index (κ2) is 8.98. The molecule has 1 amide bonds. The predicted octanol–water partition coefficient (Wildman–Crippen LogP) is 4.80. The van der Waals surface area contributed by atoms with Crippen molar-refractivity contribution in [1.82, 2.24) is 15.2 Å². The number of pyridine rings is 1. The zero-order valence-electron chi connectivity index (χ0n) is 18.5. The maximum absolute atomic E-state index is 13.4. The van der Waals surface area contributed by atoms with Crippen molar-refractivity contribution in [3.63, 3.8) is 0 Å². The monoisotopic (exact) mass is 445 g/mol. The van der Waals surface area contributed by atoms with Gasteiger partial charge >= 0.3 is 0 Å². The maximum atomic E-state index is 13.4. The number of hydrogen-bond donors (Lipinski definition) is 1. The molecule has 0 unspecified atom stereocenters. The summed E-state index contributed by atoms with van der Waals surface area (Å²) in [6.07, 6.45) is 1.92. The standard InChI is InChI=1S/C26H27N3O2S/c1-17-7-8-19(15-18(17)2)23-21-16-28-22-6-4-3-5-20(22)24(21)32-25(23)26(30)27-9-10-29-11-13-31-14-12-29/h3-8,15-16H,9-14H2,1-2H3,(H,27,30). The molecule has 1 aliphatic heterocycles. The van der Waals surface area contributed by atoms with E-state index in [1.807, 2.05) is 24.4 Å². The summed E-state index contributed by atoms with van der Waals surface area (Å²) in [6.45, 7) is 9.06. The Bertz CT molecular complexity index is 1290. The molecular formula is C26H27N3O2S. The maximum Gasteiger partial charge on any atom is 0.262 e. The van der Waals surface area contributed by atoms with Crippen molar-refractivity contribution in [2.75, 3.05) is 39.4 Å². The summed E-state index contributed by atoms with van der Waals surface area (Å²) in [4.78, 5) is 21.1. The highest BCUT2D eigenvalue weighted by Gasteiger charge is 2.22. The predicted molar refractivity (Wildman–Crippen MR) is 132 cm³/mol. The van der Waals surface area contributed by atoms with Gasteiger partial charge in [-0.05, 0) is 36.6 Å². The number of nitrogens with zero attached hydrogens (tertiary/aromatic N) is 2. The minimum Gasteiger partial charge on any atom is -0.379 e. The van der Waals surface area contributed by atoms with E-state index in [9.17, 15) is 4.79 Å². The molecule has 0 spiro atoms. The van der Waals surface area contributed by atoms with Gasteiger partial charge in [-0.15, -0.1) is 11.3 Å². The number of carbonyl (C=O) groups excluding carboxylic acids is 1. The van der Waals surface area contributed by atoms with Crippen molar-refractivity contribution in [3.8, 4) is 11.1 Å². The highest BCUT2D eigenvalue weighted by Crippen LogP contribution is 2.41. The third-order valence-electron chi connectivity index (χ3n) is 6.25. The van der Waals surface area contributed by atoms with E-state index in [1.165, 1.54) is 11.1 Å². The van der Waals surface area contributed by atoms with Gasteiger partial charge in [0.05, 0.1) is 18.7 Å². The van der Waals surface area contributed by atoms with E-state index in [2.05, 4.69) is 53.3 Å². The molecule has 5 nitrogen and oxygen atoms in total. The van der Waals surface area contributed by atoms with Gasteiger partial charge in [0.25, 0.3) is 5.91 Å². The lowest BCUT2D eigenvalue weighted by Crippen LogP contribution is -2.41. The van der Waals surface area contributed by atoms with E-state index < -0.39 is 0 Å². The van der Waals surface area contributed by atoms with Crippen LogP contribution in [0.5, 0.6) is 0 Å². The van der Waals surface area contributed by atoms with Crippen molar-refractivity contribution in [1.29, 1.82) is 0 Å². The number of hydrogen-bond acceptors (Lipinski definition) is 5. The Morgan fingerprint density at radius 3 is 2.72 bits per heavy atom. The number of ether oxygens (including phenoxy) is 1. The lowest BCUT2D eigenvalue weighted by Gasteiger charge is -2.26. The average Bonchev–Trinajstić information content (AvgIpc) is 3.22. The lowest BCUT2D eigenvalue weighted by molar-refractivity contribution is 0.0383. The van der Waals surface area contributed by atoms with E-state index in [1.54, 1.807) is 11.3 Å². The van der Waals surface area contributed by atoms with Gasteiger partial charge in [-0.1, -0.05) is 36.4 Å². The largest absolute Gasteiger partial charge is 0.379 e. The molecule has 5 rings (SSSR count). The normalized spacial score (nSPS) is 14.8. The number of carbonyl (C=O) groups is 1. The number of rotatable bonds is 5. The highest BCUT2D eigenvalue weighted by atomic mass is 32.1. The molecular weight excluding hydrogens is 418 g/mol. The summed E-state index contributed by atoms with van der Waals surface area (Å²) in [5.74, 6) is -0.0169. The summed E-state index contributed by atoms with van der Waals surface area (Å²) < 4.78 is 6.53. The van der Waals surface area contributed by atoms with E-state index >= 15 is 0 Å². The van der Waals surface area contributed by atoms with E-state index in [0.717, 1.165) is 69.8 Å². The molecule has 0 aliphatic carbocycles. The van der Waals surface area contributed by atoms with Gasteiger partial charge in [0, 0.05) is 53.4 Å². The number of amides is 1. The van der Waals surface area contributed by atoms with Gasteiger partial charge in [-0.2, -0.15) is 0 Å². The quantitative estimate of drug-likeness (QED) is 0.480. The van der Waals surface area contributed by atoms with Crippen molar-refractivity contribution in [3.05, 3.63) is 64.7 Å². The fraction of sp³-hybridized carbons (Fsp3) is 0.308. The number of benzene rings is 2. The van der Waals surface area contributed by atoms with Crippen LogP contribution in [0.2, 0.25) is 0 Å². The molecule has 2 aromatic carbocycles. The van der Waals surface area contributed by atoms with Crippen LogP contribution in [-0.4, -0.2) is 55.2 Å². The Kier molecular flexibility index (Phi) is 5.91. The first-order valence-corrected chi connectivity index (χ1v) is 11.9. The number of thiophene rings is 1. The van der Waals surface area contributed by atoms with Crippen LogP contribution in [0.3, 0.4) is 0 Å². The summed E-state index contributed by atoms with van der Waals surface area (Å²) in [6, 6.07) is 14.6. The number of fused-ring (bicyclic) bond motifs is 3. The Morgan fingerprint density at radius 2 is 1.91 bits per heavy atom. The SMILES string of the molecule is Cc1ccc(-c2c(C(=O)NCCN3CCOCC3)sc3c2cnc2ccccc23)cc1C. The molecule has 0 saturated carbocycles. The van der Waals surface area contributed by atoms with Crippen LogP contribution in [-0.2, 0) is 4.74 Å². The van der Waals surface area contributed by atoms with Crippen LogP contribution >= 0.6 is 11.3 Å². The molecule has 0 radical (unpaired) electrons. The molecule has 1 fully saturated rings. The van der Waals surface area contributed by atoms with Gasteiger partial charge in [-0.25, -0.2) is 0 Å². The van der Waals surface area contributed by atoms with Crippen LogP contribution in [0.25, 0.3) is 32.1 Å². The minimum atomic E-state index is -0.0169. The second-order valence-electron chi connectivity index (χ2n) is 8.33. The summed E-state index contributed by atoms with van der Waals surface area (Å²) >= 11 is 1.57. The van der Waals surface area contributed by atoms with Crippen molar-refractivity contribution >= 4 is 38.2 Å². The molecule has 6 heteroatoms. The zero-order chi connectivity index (χ0) is 22.1. The minimum absolute atomic E-state index is 0.0169. The van der Waals surface area contributed by atoms with Crippen molar-refractivity contribution < 1.29 is 9.53 Å². The number of aromatic nitrogens is 1. The average molecular weight is 446 g/mol. The van der Waals surface area contributed by atoms with Gasteiger partial charge in [0.1, 0.15) is 4.88 Å². The third-order valence-corrected chi connectivity index (χ3v) is 7.48. The Labute approximate surface area is 192 Å². The second-order valence-corrected chi connectivity index (χ2v) is 9.35. The zero-order valence-corrected chi connectivity index (χ0v) is 19.3. The molecule has 2 aromatic heterocycles. The summed E-state index contributed by atoms with van der Waals surface area (Å²) in [7, 11) is 0. The first-order chi connectivity index (χ1) is 15.6. The van der Waals surface area contributed by atoms with Crippen LogP contribution in [0.15, 0.2) is 48.7 Å². The smallest absolute Gasteiger partial charge is 0.262 e. The third kappa shape index (κ3) is 4.01. The number of aryl methyl sites for hydroxylation is 2. The molecule has 4 aromatic rings. The fourth-order valence-corrected chi connectivity index (χ4v) is 5.50. The summed E-state index contributed by atoms with van der Waals surface area (Å²) in [5, 5.41) is 5.29. The summed E-state index contributed by atoms with van der Waals surface area (Å²) in [5.41, 5.74) is 5.46. The van der Waals surface area contributed by atoms with E-state index in [0.29, 0.717) is 6.54 Å². The molecule has 1 saturated heterocycles. The van der Waals surface area contributed by atoms with E-state index in [-0.39, 0.29) is 5.91 Å². The lowest BCUT2D eigenvalue weighted by atomic mass is 9.98. The van der Waals surface area contributed by atoms with Gasteiger partial charge in [0.15, 0.2) is 0 Å². The fourth-order valence-electron chi connectivity index (χ4n) is 4.26. The van der Waals surface area contributed by atoms with Crippen molar-refractivity contribution in [2.24, 2.45) is 0 Å². The number of para-hydroxylation sites is 1. The van der Waals surface area contributed by atoms with E-state index in [4.69, 9.17) is 4.74 Å². The van der Waals surface area contributed by atoms with Gasteiger partial charge < -0.3 is 10.1 Å². The molecule has 164 valence electrons. The Balaban J connectivity index is 1.54. The van der Waals surface area contributed by atoms with Gasteiger partial charge in [-0.3, -0.25) is 14.7 Å². The Hall–Kier alpha value is -2.80. The topological polar surface area (TPSA) is 54.5 Å². The first-order valence-electron chi connectivity index (χ1n) is 11.1. The Morgan fingerprint density at radius 1 is 1.09 bits per heavy atom.